The van der Waals surface area contributed by atoms with Gasteiger partial charge >= 0.3 is 0 Å². The maximum Gasteiger partial charge on any atom is 0.258 e. The molecule has 2 aliphatic rings. The van der Waals surface area contributed by atoms with Crippen molar-refractivity contribution in [3.63, 3.8) is 0 Å². The van der Waals surface area contributed by atoms with Gasteiger partial charge in [-0.1, -0.05) is 13.0 Å². The summed E-state index contributed by atoms with van der Waals surface area (Å²) in [6.07, 6.45) is 3.22. The van der Waals surface area contributed by atoms with Gasteiger partial charge in [-0.2, -0.15) is 0 Å². The molecule has 0 bridgehead atoms. The van der Waals surface area contributed by atoms with Crippen molar-refractivity contribution in [2.75, 3.05) is 51.1 Å². The average molecular weight is 620 g/mol. The van der Waals surface area contributed by atoms with Crippen molar-refractivity contribution in [2.45, 2.75) is 64.8 Å². The molecule has 12 heteroatoms. The van der Waals surface area contributed by atoms with E-state index >= 15 is 0 Å². The lowest BCUT2D eigenvalue weighted by Gasteiger charge is -2.36. The molecule has 2 aromatic rings. The summed E-state index contributed by atoms with van der Waals surface area (Å²) in [4.78, 5) is 17.9. The van der Waals surface area contributed by atoms with Crippen molar-refractivity contribution < 1.29 is 37.3 Å². The van der Waals surface area contributed by atoms with E-state index in [9.17, 15) is 18.3 Å². The minimum Gasteiger partial charge on any atom is -0.490 e. The molecule has 0 radical (unpaired) electrons. The van der Waals surface area contributed by atoms with Crippen molar-refractivity contribution in [3.8, 4) is 17.2 Å². The highest BCUT2D eigenvalue weighted by Gasteiger charge is 2.30. The van der Waals surface area contributed by atoms with Crippen molar-refractivity contribution >= 4 is 21.6 Å². The molecular formula is C31H45N3O8S. The third kappa shape index (κ3) is 9.21. The number of rotatable bonds is 8. The summed E-state index contributed by atoms with van der Waals surface area (Å²) in [6.45, 7) is 8.00. The Morgan fingerprint density at radius 2 is 1.84 bits per heavy atom. The molecule has 2 aromatic carbocycles. The number of sulfonamides is 1. The third-order valence-electron chi connectivity index (χ3n) is 7.74. The molecular weight excluding hydrogens is 574 g/mol. The van der Waals surface area contributed by atoms with Crippen LogP contribution in [0.1, 0.15) is 56.0 Å². The molecule has 1 amide bonds. The number of hydrogen-bond donors (Lipinski definition) is 2. The number of anilines is 1. The Labute approximate surface area is 255 Å². The maximum absolute atomic E-state index is 14.1. The number of likely N-dealkylation sites (N-methyl/N-ethyl adjacent to an activating group) is 1. The Bertz CT molecular complexity index is 1350. The number of amides is 1. The number of aliphatic hydroxyl groups is 1. The third-order valence-corrected chi connectivity index (χ3v) is 8.34. The van der Waals surface area contributed by atoms with Crippen molar-refractivity contribution in [3.05, 3.63) is 47.5 Å². The number of benzene rings is 2. The van der Waals surface area contributed by atoms with E-state index in [0.29, 0.717) is 32.0 Å². The number of nitrogens with one attached hydrogen (secondary N) is 1. The fourth-order valence-corrected chi connectivity index (χ4v) is 5.94. The van der Waals surface area contributed by atoms with E-state index in [2.05, 4.69) is 16.5 Å². The van der Waals surface area contributed by atoms with Crippen LogP contribution in [-0.4, -0.2) is 93.9 Å². The van der Waals surface area contributed by atoms with Crippen molar-refractivity contribution in [1.29, 1.82) is 0 Å². The van der Waals surface area contributed by atoms with Gasteiger partial charge in [0.05, 0.1) is 36.7 Å². The number of carbonyl (C=O) groups is 1. The molecule has 238 valence electrons. The summed E-state index contributed by atoms with van der Waals surface area (Å²) < 4.78 is 49.9. The average Bonchev–Trinajstić information content (AvgIpc) is 3.41. The Morgan fingerprint density at radius 1 is 1.09 bits per heavy atom. The molecule has 2 N–H and O–H groups in total. The molecule has 0 fully saturated rings. The normalized spacial score (nSPS) is 22.4. The predicted molar refractivity (Wildman–Crippen MR) is 164 cm³/mol. The highest BCUT2D eigenvalue weighted by Crippen LogP contribution is 2.33. The lowest BCUT2D eigenvalue weighted by atomic mass is 10.0. The summed E-state index contributed by atoms with van der Waals surface area (Å²) >= 11 is 0. The van der Waals surface area contributed by atoms with Gasteiger partial charge in [0.1, 0.15) is 5.75 Å². The first kappa shape index (κ1) is 32.8. The molecule has 2 aliphatic heterocycles. The van der Waals surface area contributed by atoms with E-state index in [1.165, 1.54) is 6.07 Å². The zero-order valence-electron chi connectivity index (χ0n) is 25.7. The van der Waals surface area contributed by atoms with Crippen LogP contribution in [0, 0.1) is 5.92 Å². The lowest BCUT2D eigenvalue weighted by molar-refractivity contribution is -0.0177. The van der Waals surface area contributed by atoms with Crippen molar-refractivity contribution in [2.24, 2.45) is 5.92 Å². The van der Waals surface area contributed by atoms with E-state index in [0.717, 1.165) is 42.6 Å². The molecule has 0 spiro atoms. The Morgan fingerprint density at radius 3 is 2.58 bits per heavy atom. The number of ether oxygens (including phenoxy) is 4. The second-order valence-corrected chi connectivity index (χ2v) is 13.5. The van der Waals surface area contributed by atoms with Gasteiger partial charge in [-0.15, -0.1) is 0 Å². The minimum absolute atomic E-state index is 0.0827. The fourth-order valence-electron chi connectivity index (χ4n) is 5.39. The van der Waals surface area contributed by atoms with Gasteiger partial charge < -0.3 is 29.0 Å². The van der Waals surface area contributed by atoms with Crippen LogP contribution in [0.25, 0.3) is 0 Å². The smallest absolute Gasteiger partial charge is 0.258 e. The first-order valence-corrected chi connectivity index (χ1v) is 16.7. The molecule has 43 heavy (non-hydrogen) atoms. The van der Waals surface area contributed by atoms with E-state index < -0.39 is 16.1 Å². The van der Waals surface area contributed by atoms with E-state index in [1.54, 1.807) is 24.0 Å². The van der Waals surface area contributed by atoms with Crippen LogP contribution in [0.4, 0.5) is 5.69 Å². The number of fused-ring (bicyclic) bond motifs is 2. The van der Waals surface area contributed by atoms with Gasteiger partial charge in [0.15, 0.2) is 11.5 Å². The lowest BCUT2D eigenvalue weighted by Crippen LogP contribution is -2.47. The van der Waals surface area contributed by atoms with Crippen LogP contribution in [-0.2, 0) is 21.3 Å². The highest BCUT2D eigenvalue weighted by molar-refractivity contribution is 7.92. The van der Waals surface area contributed by atoms with Crippen molar-refractivity contribution in [1.82, 2.24) is 9.80 Å². The number of hydrogen-bond acceptors (Lipinski definition) is 9. The fraction of sp³-hybridized carbons (Fsp3) is 0.581. The maximum atomic E-state index is 14.1. The predicted octanol–water partition coefficient (Wildman–Crippen LogP) is 3.71. The largest absolute Gasteiger partial charge is 0.490 e. The molecule has 2 heterocycles. The summed E-state index contributed by atoms with van der Waals surface area (Å²) in [5.74, 6) is 1.44. The van der Waals surface area contributed by atoms with Gasteiger partial charge in [-0.3, -0.25) is 14.4 Å². The standard InChI is InChI=1S/C31H45N3O8S/c1-21-16-34(22(2)19-35)31(36)26-15-25(32-43(5,37)38)10-12-27(26)42-23(3)8-6-7-13-39-30(21)18-33(4)17-24-9-11-28-29(14-24)41-20-40-28/h9-12,14-15,21-23,30,32,35H,6-8,13,16-20H2,1-5H3/t21-,22+,23-,30-/m1/s1. The van der Waals surface area contributed by atoms with Gasteiger partial charge in [0, 0.05) is 37.8 Å². The van der Waals surface area contributed by atoms with E-state index in [-0.39, 0.29) is 48.7 Å². The molecule has 0 aromatic heterocycles. The summed E-state index contributed by atoms with van der Waals surface area (Å²) in [5.41, 5.74) is 1.60. The van der Waals surface area contributed by atoms with Gasteiger partial charge in [-0.05, 0) is 76.1 Å². The first-order chi connectivity index (χ1) is 20.4. The minimum atomic E-state index is -3.56. The zero-order valence-corrected chi connectivity index (χ0v) is 26.6. The van der Waals surface area contributed by atoms with Crippen LogP contribution in [0.2, 0.25) is 0 Å². The topological polar surface area (TPSA) is 127 Å². The molecule has 11 nitrogen and oxygen atoms in total. The summed E-state index contributed by atoms with van der Waals surface area (Å²) in [6, 6.07) is 10.2. The van der Waals surface area contributed by atoms with Crippen LogP contribution < -0.4 is 18.9 Å². The quantitative estimate of drug-likeness (QED) is 0.455. The second-order valence-electron chi connectivity index (χ2n) is 11.8. The first-order valence-electron chi connectivity index (χ1n) is 14.8. The monoisotopic (exact) mass is 619 g/mol. The SMILES string of the molecule is C[C@@H]1CCCCO[C@H](CN(C)Cc2ccc3c(c2)OCO3)[C@H](C)CN([C@@H](C)CO)C(=O)c2cc(NS(C)(=O)=O)ccc2O1. The Balaban J connectivity index is 1.59. The summed E-state index contributed by atoms with van der Waals surface area (Å²) in [7, 11) is -1.52. The zero-order chi connectivity index (χ0) is 31.1. The van der Waals surface area contributed by atoms with Crippen LogP contribution >= 0.6 is 0 Å². The van der Waals surface area contributed by atoms with E-state index in [4.69, 9.17) is 18.9 Å². The van der Waals surface area contributed by atoms with Gasteiger partial charge in [-0.25, -0.2) is 8.42 Å². The van der Waals surface area contributed by atoms with Crippen LogP contribution in [0.5, 0.6) is 17.2 Å². The molecule has 0 unspecified atom stereocenters. The van der Waals surface area contributed by atoms with E-state index in [1.807, 2.05) is 32.2 Å². The number of carbonyl (C=O) groups excluding carboxylic acids is 1. The number of aliphatic hydroxyl groups excluding tert-OH is 1. The molecule has 4 rings (SSSR count). The van der Waals surface area contributed by atoms with Gasteiger partial charge in [0.2, 0.25) is 16.8 Å². The highest BCUT2D eigenvalue weighted by atomic mass is 32.2. The number of nitrogens with zero attached hydrogens (tertiary/aromatic N) is 2. The molecule has 4 atom stereocenters. The molecule has 0 saturated carbocycles. The van der Waals surface area contributed by atoms with Crippen LogP contribution in [0.15, 0.2) is 36.4 Å². The second kappa shape index (κ2) is 14.6. The van der Waals surface area contributed by atoms with Crippen LogP contribution in [0.3, 0.4) is 0 Å². The molecule has 0 aliphatic carbocycles. The Hall–Kier alpha value is -3.06. The van der Waals surface area contributed by atoms with Gasteiger partial charge in [0.25, 0.3) is 5.91 Å². The molecule has 0 saturated heterocycles. The Kier molecular flexibility index (Phi) is 11.2. The summed E-state index contributed by atoms with van der Waals surface area (Å²) in [5, 5.41) is 10.1.